The predicted octanol–water partition coefficient (Wildman–Crippen LogP) is 4.94. The molecule has 9 nitrogen and oxygen atoms in total. The summed E-state index contributed by atoms with van der Waals surface area (Å²) in [4.78, 5) is 29.6. The van der Waals surface area contributed by atoms with E-state index in [1.54, 1.807) is 43.8 Å². The van der Waals surface area contributed by atoms with Crippen molar-refractivity contribution in [3.8, 4) is 22.8 Å². The number of aromatic nitrogens is 3. The molecule has 0 unspecified atom stereocenters. The Kier molecular flexibility index (Phi) is 6.85. The molecule has 2 heterocycles. The summed E-state index contributed by atoms with van der Waals surface area (Å²) in [6.07, 6.45) is 6.15. The molecule has 0 saturated heterocycles. The van der Waals surface area contributed by atoms with Gasteiger partial charge in [-0.1, -0.05) is 18.6 Å². The highest BCUT2D eigenvalue weighted by atomic mass is 16.5. The first kappa shape index (κ1) is 24.1. The second-order valence-corrected chi connectivity index (χ2v) is 8.92. The number of anilines is 1. The lowest BCUT2D eigenvalue weighted by atomic mass is 9.82. The number of amides is 2. The van der Waals surface area contributed by atoms with Gasteiger partial charge in [0.2, 0.25) is 0 Å². The van der Waals surface area contributed by atoms with Crippen molar-refractivity contribution in [2.24, 2.45) is 0 Å². The van der Waals surface area contributed by atoms with E-state index < -0.39 is 0 Å². The molecule has 2 aromatic carbocycles. The average molecular weight is 498 g/mol. The number of phenols is 1. The number of benzene rings is 2. The van der Waals surface area contributed by atoms with E-state index in [9.17, 15) is 14.7 Å². The largest absolute Gasteiger partial charge is 0.507 e. The van der Waals surface area contributed by atoms with Crippen molar-refractivity contribution < 1.29 is 19.4 Å². The van der Waals surface area contributed by atoms with Crippen molar-refractivity contribution in [2.75, 3.05) is 12.4 Å². The van der Waals surface area contributed by atoms with E-state index in [2.05, 4.69) is 20.7 Å². The summed E-state index contributed by atoms with van der Waals surface area (Å²) < 4.78 is 6.58. The Bertz CT molecular complexity index is 1410. The zero-order valence-corrected chi connectivity index (χ0v) is 20.3. The van der Waals surface area contributed by atoms with E-state index in [1.807, 2.05) is 30.3 Å². The van der Waals surface area contributed by atoms with Crippen molar-refractivity contribution in [1.29, 1.82) is 0 Å². The molecule has 37 heavy (non-hydrogen) atoms. The lowest BCUT2D eigenvalue weighted by Gasteiger charge is -2.25. The summed E-state index contributed by atoms with van der Waals surface area (Å²) in [5.41, 5.74) is 3.59. The van der Waals surface area contributed by atoms with Crippen LogP contribution in [-0.4, -0.2) is 38.9 Å². The smallest absolute Gasteiger partial charge is 0.342 e. The molecule has 5 rings (SSSR count). The number of phenolic OH excluding ortho intramolecular Hbond substituents is 1. The van der Waals surface area contributed by atoms with Gasteiger partial charge in [-0.15, -0.1) is 0 Å². The third kappa shape index (κ3) is 5.30. The fourth-order valence-electron chi connectivity index (χ4n) is 4.21. The molecule has 0 radical (unpaired) electrons. The summed E-state index contributed by atoms with van der Waals surface area (Å²) >= 11 is 0. The number of aromatic hydroxyl groups is 1. The van der Waals surface area contributed by atoms with Crippen LogP contribution in [0.5, 0.6) is 11.5 Å². The van der Waals surface area contributed by atoms with E-state index in [-0.39, 0.29) is 23.6 Å². The molecule has 1 aliphatic carbocycles. The highest BCUT2D eigenvalue weighted by Crippen LogP contribution is 2.39. The van der Waals surface area contributed by atoms with Crippen LogP contribution < -0.4 is 15.4 Å². The maximum Gasteiger partial charge on any atom is 0.342 e. The zero-order valence-electron chi connectivity index (χ0n) is 20.3. The highest BCUT2D eigenvalue weighted by molar-refractivity contribution is 6.04. The number of rotatable bonds is 7. The first-order valence-corrected chi connectivity index (χ1v) is 12.1. The molecule has 1 saturated carbocycles. The molecule has 2 amide bonds. The molecule has 0 bridgehead atoms. The molecule has 0 spiro atoms. The molecule has 4 aromatic rings. The number of ether oxygens (including phenoxy) is 1. The molecular formula is C28H27N5O4. The van der Waals surface area contributed by atoms with Crippen molar-refractivity contribution >= 4 is 17.6 Å². The molecule has 9 heteroatoms. The van der Waals surface area contributed by atoms with Gasteiger partial charge in [0.05, 0.1) is 18.5 Å². The molecule has 3 N–H and O–H groups in total. The van der Waals surface area contributed by atoms with Crippen LogP contribution in [0, 0.1) is 0 Å². The van der Waals surface area contributed by atoms with Gasteiger partial charge in [0, 0.05) is 41.7 Å². The van der Waals surface area contributed by atoms with Gasteiger partial charge in [-0.2, -0.15) is 9.78 Å². The van der Waals surface area contributed by atoms with Gasteiger partial charge >= 0.3 is 6.03 Å². The van der Waals surface area contributed by atoms with Crippen LogP contribution in [-0.2, 0) is 6.54 Å². The van der Waals surface area contributed by atoms with E-state index in [0.717, 1.165) is 36.3 Å². The number of methoxy groups -OCH3 is 1. The van der Waals surface area contributed by atoms with Crippen LogP contribution in [0.4, 0.5) is 10.5 Å². The molecule has 2 aromatic heterocycles. The van der Waals surface area contributed by atoms with Crippen molar-refractivity contribution in [1.82, 2.24) is 20.1 Å². The van der Waals surface area contributed by atoms with Gasteiger partial charge in [-0.3, -0.25) is 9.78 Å². The fraction of sp³-hybridized carbons (Fsp3) is 0.214. The monoisotopic (exact) mass is 497 g/mol. The van der Waals surface area contributed by atoms with Crippen molar-refractivity contribution in [3.05, 3.63) is 89.9 Å². The summed E-state index contributed by atoms with van der Waals surface area (Å²) in [7, 11) is 1.61. The quantitative estimate of drug-likeness (QED) is 0.311. The van der Waals surface area contributed by atoms with E-state index in [1.165, 1.54) is 10.7 Å². The molecule has 1 aliphatic rings. The number of carbonyl (C=O) groups excluding carboxylic acids is 2. The molecule has 188 valence electrons. The van der Waals surface area contributed by atoms with Crippen LogP contribution >= 0.6 is 0 Å². The second kappa shape index (κ2) is 10.5. The third-order valence-electron chi connectivity index (χ3n) is 6.53. The molecule has 0 atom stereocenters. The number of pyridine rings is 1. The Hall–Kier alpha value is -4.66. The minimum atomic E-state index is -0.342. The standard InChI is InChI=1S/C28H27N5O4/c1-37-22-8-5-18(6-9-22)17-30-28(36)33-25(19-3-2-4-19)16-24(32-33)23-15-21(7-10-26(23)34)31-27(35)20-11-13-29-14-12-20/h5-16,19,34H,2-4,17H2,1H3,(H,30,36)(H,31,35). The topological polar surface area (TPSA) is 118 Å². The van der Waals surface area contributed by atoms with Gasteiger partial charge in [0.25, 0.3) is 5.91 Å². The second-order valence-electron chi connectivity index (χ2n) is 8.92. The Morgan fingerprint density at radius 1 is 1.05 bits per heavy atom. The van der Waals surface area contributed by atoms with E-state index in [0.29, 0.717) is 29.1 Å². The van der Waals surface area contributed by atoms with Crippen molar-refractivity contribution in [2.45, 2.75) is 31.7 Å². The van der Waals surface area contributed by atoms with Gasteiger partial charge in [0.15, 0.2) is 0 Å². The van der Waals surface area contributed by atoms with Crippen molar-refractivity contribution in [3.63, 3.8) is 0 Å². The Labute approximate surface area is 214 Å². The lowest BCUT2D eigenvalue weighted by molar-refractivity contribution is 0.102. The predicted molar refractivity (Wildman–Crippen MR) is 139 cm³/mol. The number of nitrogens with zero attached hydrogens (tertiary/aromatic N) is 3. The van der Waals surface area contributed by atoms with Crippen LogP contribution in [0.25, 0.3) is 11.3 Å². The molecule has 0 aliphatic heterocycles. The van der Waals surface area contributed by atoms with Crippen LogP contribution in [0.1, 0.15) is 46.8 Å². The minimum Gasteiger partial charge on any atom is -0.507 e. The number of hydrogen-bond acceptors (Lipinski definition) is 6. The zero-order chi connectivity index (χ0) is 25.8. The Morgan fingerprint density at radius 2 is 1.81 bits per heavy atom. The summed E-state index contributed by atoms with van der Waals surface area (Å²) in [6, 6.07) is 17.0. The average Bonchev–Trinajstić information content (AvgIpc) is 3.32. The Balaban J connectivity index is 1.38. The molecular weight excluding hydrogens is 470 g/mol. The maximum atomic E-state index is 13.1. The molecule has 1 fully saturated rings. The number of carbonyl (C=O) groups is 2. The first-order chi connectivity index (χ1) is 18.0. The highest BCUT2D eigenvalue weighted by Gasteiger charge is 2.27. The van der Waals surface area contributed by atoms with Crippen LogP contribution in [0.15, 0.2) is 73.1 Å². The summed E-state index contributed by atoms with van der Waals surface area (Å²) in [6.45, 7) is 0.337. The van der Waals surface area contributed by atoms with E-state index in [4.69, 9.17) is 4.74 Å². The number of nitrogens with one attached hydrogen (secondary N) is 2. The lowest BCUT2D eigenvalue weighted by Crippen LogP contribution is -2.31. The van der Waals surface area contributed by atoms with E-state index >= 15 is 0 Å². The number of hydrogen-bond donors (Lipinski definition) is 3. The maximum absolute atomic E-state index is 13.1. The first-order valence-electron chi connectivity index (χ1n) is 12.1. The van der Waals surface area contributed by atoms with Gasteiger partial charge < -0.3 is 20.5 Å². The summed E-state index contributed by atoms with van der Waals surface area (Å²) in [5, 5.41) is 20.9. The van der Waals surface area contributed by atoms with Crippen LogP contribution in [0.2, 0.25) is 0 Å². The normalized spacial score (nSPS) is 13.0. The van der Waals surface area contributed by atoms with Gasteiger partial charge in [0.1, 0.15) is 11.5 Å². The minimum absolute atomic E-state index is 0.00496. The SMILES string of the molecule is COc1ccc(CNC(=O)n2nc(-c3cc(NC(=O)c4ccncc4)ccc3O)cc2C2CCC2)cc1. The Morgan fingerprint density at radius 3 is 2.49 bits per heavy atom. The third-order valence-corrected chi connectivity index (χ3v) is 6.53. The van der Waals surface area contributed by atoms with Crippen LogP contribution in [0.3, 0.4) is 0 Å². The van der Waals surface area contributed by atoms with Gasteiger partial charge in [-0.05, 0) is 66.9 Å². The van der Waals surface area contributed by atoms with Gasteiger partial charge in [-0.25, -0.2) is 4.79 Å². The fourth-order valence-corrected chi connectivity index (χ4v) is 4.21. The summed E-state index contributed by atoms with van der Waals surface area (Å²) in [5.74, 6) is 0.686.